The third-order valence-corrected chi connectivity index (χ3v) is 4.96. The highest BCUT2D eigenvalue weighted by Crippen LogP contribution is 2.19. The maximum absolute atomic E-state index is 12.6. The zero-order valence-corrected chi connectivity index (χ0v) is 15.9. The summed E-state index contributed by atoms with van der Waals surface area (Å²) >= 11 is 0. The number of amides is 2. The Morgan fingerprint density at radius 3 is 2.46 bits per heavy atom. The molecule has 28 heavy (non-hydrogen) atoms. The number of rotatable bonds is 5. The normalized spacial score (nSPS) is 13.7. The van der Waals surface area contributed by atoms with Crippen molar-refractivity contribution in [2.45, 2.75) is 12.8 Å². The smallest absolute Gasteiger partial charge is 0.254 e. The Kier molecular flexibility index (Phi) is 6.28. The molecular weight excluding hydrogens is 354 g/mol. The molecule has 144 valence electrons. The fraction of sp³-hybridized carbons (Fsp3) is 0.318. The zero-order valence-electron chi connectivity index (χ0n) is 15.9. The van der Waals surface area contributed by atoms with Crippen molar-refractivity contribution >= 4 is 11.8 Å². The van der Waals surface area contributed by atoms with Crippen molar-refractivity contribution < 1.29 is 14.3 Å². The van der Waals surface area contributed by atoms with Crippen molar-refractivity contribution in [1.29, 1.82) is 5.26 Å². The van der Waals surface area contributed by atoms with Crippen LogP contribution in [0.15, 0.2) is 48.5 Å². The van der Waals surface area contributed by atoms with Crippen molar-refractivity contribution in [1.82, 2.24) is 9.80 Å². The molecule has 2 amide bonds. The van der Waals surface area contributed by atoms with Gasteiger partial charge in [0.15, 0.2) is 0 Å². The number of carbonyl (C=O) groups is 2. The molecule has 2 aromatic carbocycles. The summed E-state index contributed by atoms with van der Waals surface area (Å²) < 4.78 is 5.33. The lowest BCUT2D eigenvalue weighted by Crippen LogP contribution is -2.50. The highest BCUT2D eigenvalue weighted by molar-refractivity contribution is 5.94. The molecule has 1 heterocycles. The molecular formula is C22H23N3O3. The molecule has 1 saturated heterocycles. The van der Waals surface area contributed by atoms with Gasteiger partial charge in [0, 0.05) is 38.2 Å². The van der Waals surface area contributed by atoms with Gasteiger partial charge in [-0.05, 0) is 36.2 Å². The highest BCUT2D eigenvalue weighted by atomic mass is 16.5. The van der Waals surface area contributed by atoms with Crippen molar-refractivity contribution in [3.05, 3.63) is 65.2 Å². The number of piperazine rings is 1. The van der Waals surface area contributed by atoms with E-state index in [4.69, 9.17) is 10.00 Å². The van der Waals surface area contributed by atoms with Crippen LogP contribution in [-0.4, -0.2) is 54.9 Å². The number of nitriles is 1. The number of benzene rings is 2. The first kappa shape index (κ1) is 19.4. The van der Waals surface area contributed by atoms with Crippen LogP contribution in [0.2, 0.25) is 0 Å². The molecule has 0 saturated carbocycles. The Bertz CT molecular complexity index is 896. The van der Waals surface area contributed by atoms with E-state index in [1.54, 1.807) is 36.3 Å². The minimum absolute atomic E-state index is 0.0875. The summed E-state index contributed by atoms with van der Waals surface area (Å²) in [5.74, 6) is 0.785. The van der Waals surface area contributed by atoms with E-state index in [-0.39, 0.29) is 11.8 Å². The monoisotopic (exact) mass is 377 g/mol. The highest BCUT2D eigenvalue weighted by Gasteiger charge is 2.25. The second-order valence-corrected chi connectivity index (χ2v) is 6.68. The van der Waals surface area contributed by atoms with Crippen LogP contribution in [0.25, 0.3) is 0 Å². The van der Waals surface area contributed by atoms with Gasteiger partial charge in [0.25, 0.3) is 5.91 Å². The van der Waals surface area contributed by atoms with Gasteiger partial charge in [-0.1, -0.05) is 24.3 Å². The number of aryl methyl sites for hydroxylation is 1. The molecule has 6 nitrogen and oxygen atoms in total. The van der Waals surface area contributed by atoms with E-state index in [0.717, 1.165) is 11.3 Å². The van der Waals surface area contributed by atoms with Gasteiger partial charge in [-0.3, -0.25) is 9.59 Å². The second kappa shape index (κ2) is 9.05. The average molecular weight is 377 g/mol. The summed E-state index contributed by atoms with van der Waals surface area (Å²) in [5, 5.41) is 8.99. The van der Waals surface area contributed by atoms with Gasteiger partial charge in [-0.25, -0.2) is 0 Å². The van der Waals surface area contributed by atoms with Crippen LogP contribution in [-0.2, 0) is 11.2 Å². The molecule has 6 heteroatoms. The molecule has 0 atom stereocenters. The second-order valence-electron chi connectivity index (χ2n) is 6.68. The Labute approximate surface area is 164 Å². The minimum atomic E-state index is -0.0989. The molecule has 1 fully saturated rings. The molecule has 3 rings (SSSR count). The third-order valence-electron chi connectivity index (χ3n) is 4.96. The quantitative estimate of drug-likeness (QED) is 0.802. The van der Waals surface area contributed by atoms with Crippen molar-refractivity contribution in [3.63, 3.8) is 0 Å². The number of hydrogen-bond donors (Lipinski definition) is 0. The van der Waals surface area contributed by atoms with Gasteiger partial charge in [-0.2, -0.15) is 5.26 Å². The zero-order chi connectivity index (χ0) is 19.9. The molecule has 2 aromatic rings. The van der Waals surface area contributed by atoms with Crippen molar-refractivity contribution in [2.24, 2.45) is 0 Å². The lowest BCUT2D eigenvalue weighted by atomic mass is 10.1. The predicted molar refractivity (Wildman–Crippen MR) is 105 cm³/mol. The number of ether oxygens (including phenoxy) is 1. The van der Waals surface area contributed by atoms with E-state index in [1.807, 2.05) is 29.2 Å². The van der Waals surface area contributed by atoms with E-state index in [0.29, 0.717) is 50.1 Å². The van der Waals surface area contributed by atoms with Crippen LogP contribution < -0.4 is 4.74 Å². The van der Waals surface area contributed by atoms with E-state index in [9.17, 15) is 9.59 Å². The standard InChI is InChI=1S/C22H23N3O3/c1-28-20-8-3-2-6-18(20)9-10-21(26)24-11-13-25(14-12-24)22(27)19-7-4-5-17(15-19)16-23/h2-8,15H,9-14H2,1H3. The van der Waals surface area contributed by atoms with Gasteiger partial charge in [0.1, 0.15) is 5.75 Å². The van der Waals surface area contributed by atoms with E-state index < -0.39 is 0 Å². The molecule has 0 aromatic heterocycles. The van der Waals surface area contributed by atoms with Gasteiger partial charge >= 0.3 is 0 Å². The SMILES string of the molecule is COc1ccccc1CCC(=O)N1CCN(C(=O)c2cccc(C#N)c2)CC1. The fourth-order valence-corrected chi connectivity index (χ4v) is 3.37. The number of methoxy groups -OCH3 is 1. The maximum atomic E-state index is 12.6. The predicted octanol–water partition coefficient (Wildman–Crippen LogP) is 2.48. The Hall–Kier alpha value is -3.33. The van der Waals surface area contributed by atoms with Crippen LogP contribution in [0.3, 0.4) is 0 Å². The number of hydrogen-bond acceptors (Lipinski definition) is 4. The number of para-hydroxylation sites is 1. The lowest BCUT2D eigenvalue weighted by molar-refractivity contribution is -0.132. The molecule has 1 aliphatic rings. The first-order chi connectivity index (χ1) is 13.6. The molecule has 0 N–H and O–H groups in total. The topological polar surface area (TPSA) is 73.6 Å². The van der Waals surface area contributed by atoms with Crippen molar-refractivity contribution in [3.8, 4) is 11.8 Å². The summed E-state index contributed by atoms with van der Waals surface area (Å²) in [4.78, 5) is 28.7. The van der Waals surface area contributed by atoms with E-state index in [1.165, 1.54) is 0 Å². The largest absolute Gasteiger partial charge is 0.496 e. The minimum Gasteiger partial charge on any atom is -0.496 e. The average Bonchev–Trinajstić information content (AvgIpc) is 2.77. The maximum Gasteiger partial charge on any atom is 0.254 e. The molecule has 0 unspecified atom stereocenters. The van der Waals surface area contributed by atoms with Crippen LogP contribution >= 0.6 is 0 Å². The fourth-order valence-electron chi connectivity index (χ4n) is 3.37. The number of nitrogens with zero attached hydrogens (tertiary/aromatic N) is 3. The molecule has 0 radical (unpaired) electrons. The first-order valence-electron chi connectivity index (χ1n) is 9.31. The van der Waals surface area contributed by atoms with Crippen LogP contribution in [0.4, 0.5) is 0 Å². The number of carbonyl (C=O) groups excluding carboxylic acids is 2. The molecule has 1 aliphatic heterocycles. The van der Waals surface area contributed by atoms with Crippen LogP contribution in [0.5, 0.6) is 5.75 Å². The van der Waals surface area contributed by atoms with E-state index >= 15 is 0 Å². The van der Waals surface area contributed by atoms with Gasteiger partial charge in [0.05, 0.1) is 18.7 Å². The van der Waals surface area contributed by atoms with Gasteiger partial charge in [-0.15, -0.1) is 0 Å². The summed E-state index contributed by atoms with van der Waals surface area (Å²) in [6, 6.07) is 16.5. The Balaban J connectivity index is 1.52. The van der Waals surface area contributed by atoms with Crippen LogP contribution in [0.1, 0.15) is 27.9 Å². The third kappa shape index (κ3) is 4.49. The molecule has 0 bridgehead atoms. The van der Waals surface area contributed by atoms with Gasteiger partial charge in [0.2, 0.25) is 5.91 Å². The first-order valence-corrected chi connectivity index (χ1v) is 9.31. The summed E-state index contributed by atoms with van der Waals surface area (Å²) in [7, 11) is 1.63. The summed E-state index contributed by atoms with van der Waals surface area (Å²) in [6.45, 7) is 2.04. The molecule has 0 aliphatic carbocycles. The van der Waals surface area contributed by atoms with Gasteiger partial charge < -0.3 is 14.5 Å². The summed E-state index contributed by atoms with van der Waals surface area (Å²) in [5.41, 5.74) is 2.00. The Morgan fingerprint density at radius 2 is 1.75 bits per heavy atom. The molecule has 0 spiro atoms. The van der Waals surface area contributed by atoms with Crippen LogP contribution in [0, 0.1) is 11.3 Å². The summed E-state index contributed by atoms with van der Waals surface area (Å²) in [6.07, 6.45) is 1.04. The Morgan fingerprint density at radius 1 is 1.04 bits per heavy atom. The lowest BCUT2D eigenvalue weighted by Gasteiger charge is -2.35. The van der Waals surface area contributed by atoms with E-state index in [2.05, 4.69) is 6.07 Å². The van der Waals surface area contributed by atoms with Crippen molar-refractivity contribution in [2.75, 3.05) is 33.3 Å².